The molecule has 0 aliphatic heterocycles. The van der Waals surface area contributed by atoms with Crippen molar-refractivity contribution < 1.29 is 4.74 Å². The zero-order valence-electron chi connectivity index (χ0n) is 9.09. The highest BCUT2D eigenvalue weighted by Gasteiger charge is 2.00. The minimum absolute atomic E-state index is 0.441. The number of hydrogen-bond acceptors (Lipinski definition) is 2. The van der Waals surface area contributed by atoms with Crippen molar-refractivity contribution in [2.45, 2.75) is 58.5 Å². The SMILES string of the molecule is CCCCCCC(C)OCCCS. The normalized spacial score (nSPS) is 13.2. The van der Waals surface area contributed by atoms with E-state index >= 15 is 0 Å². The van der Waals surface area contributed by atoms with Crippen molar-refractivity contribution in [2.75, 3.05) is 12.4 Å². The van der Waals surface area contributed by atoms with Crippen molar-refractivity contribution in [3.8, 4) is 0 Å². The molecule has 0 heterocycles. The summed E-state index contributed by atoms with van der Waals surface area (Å²) in [5.74, 6) is 0.933. The molecule has 0 saturated carbocycles. The largest absolute Gasteiger partial charge is 0.378 e. The Balaban J connectivity index is 3.05. The number of thiol groups is 1. The van der Waals surface area contributed by atoms with Gasteiger partial charge in [-0.25, -0.2) is 0 Å². The molecule has 0 rings (SSSR count). The maximum absolute atomic E-state index is 5.61. The fraction of sp³-hybridized carbons (Fsp3) is 1.00. The molecule has 0 saturated heterocycles. The second-order valence-corrected chi connectivity index (χ2v) is 4.06. The van der Waals surface area contributed by atoms with E-state index in [0.717, 1.165) is 18.8 Å². The number of rotatable bonds is 9. The highest BCUT2D eigenvalue weighted by molar-refractivity contribution is 7.80. The summed E-state index contributed by atoms with van der Waals surface area (Å²) in [6.45, 7) is 5.29. The molecule has 13 heavy (non-hydrogen) atoms. The summed E-state index contributed by atoms with van der Waals surface area (Å²) in [5, 5.41) is 0. The number of ether oxygens (including phenoxy) is 1. The van der Waals surface area contributed by atoms with Crippen LogP contribution < -0.4 is 0 Å². The molecule has 80 valence electrons. The summed E-state index contributed by atoms with van der Waals surface area (Å²) in [6.07, 6.45) is 8.08. The summed E-state index contributed by atoms with van der Waals surface area (Å²) >= 11 is 4.14. The van der Waals surface area contributed by atoms with Gasteiger partial charge >= 0.3 is 0 Å². The molecule has 0 fully saturated rings. The topological polar surface area (TPSA) is 9.23 Å². The third-order valence-corrected chi connectivity index (χ3v) is 2.49. The maximum Gasteiger partial charge on any atom is 0.0547 e. The van der Waals surface area contributed by atoms with Crippen molar-refractivity contribution in [3.05, 3.63) is 0 Å². The Kier molecular flexibility index (Phi) is 10.6. The van der Waals surface area contributed by atoms with Gasteiger partial charge in [0, 0.05) is 6.61 Å². The molecule has 1 atom stereocenters. The zero-order chi connectivity index (χ0) is 9.94. The van der Waals surface area contributed by atoms with Crippen LogP contribution in [0, 0.1) is 0 Å². The molecule has 0 N–H and O–H groups in total. The van der Waals surface area contributed by atoms with Crippen LogP contribution in [-0.4, -0.2) is 18.5 Å². The minimum atomic E-state index is 0.441. The summed E-state index contributed by atoms with van der Waals surface area (Å²) in [4.78, 5) is 0. The van der Waals surface area contributed by atoms with E-state index in [-0.39, 0.29) is 0 Å². The third kappa shape index (κ3) is 10.2. The second kappa shape index (κ2) is 10.4. The van der Waals surface area contributed by atoms with E-state index in [2.05, 4.69) is 26.5 Å². The summed E-state index contributed by atoms with van der Waals surface area (Å²) in [6, 6.07) is 0. The van der Waals surface area contributed by atoms with Gasteiger partial charge in [0.25, 0.3) is 0 Å². The lowest BCUT2D eigenvalue weighted by Gasteiger charge is -2.11. The van der Waals surface area contributed by atoms with Crippen LogP contribution in [-0.2, 0) is 4.74 Å². The predicted molar refractivity (Wildman–Crippen MR) is 62.6 cm³/mol. The van der Waals surface area contributed by atoms with E-state index in [1.165, 1.54) is 32.1 Å². The molecule has 0 aromatic carbocycles. The van der Waals surface area contributed by atoms with Gasteiger partial charge in [-0.1, -0.05) is 32.6 Å². The van der Waals surface area contributed by atoms with Gasteiger partial charge in [-0.05, 0) is 25.5 Å². The molecular formula is C11H24OS. The van der Waals surface area contributed by atoms with Crippen LogP contribution in [0.1, 0.15) is 52.4 Å². The first kappa shape index (κ1) is 13.3. The van der Waals surface area contributed by atoms with Crippen molar-refractivity contribution in [3.63, 3.8) is 0 Å². The highest BCUT2D eigenvalue weighted by Crippen LogP contribution is 2.07. The molecule has 1 nitrogen and oxygen atoms in total. The lowest BCUT2D eigenvalue weighted by atomic mass is 10.1. The standard InChI is InChI=1S/C11H24OS/c1-3-4-5-6-8-11(2)12-9-7-10-13/h11,13H,3-10H2,1-2H3. The maximum atomic E-state index is 5.61. The molecule has 0 spiro atoms. The van der Waals surface area contributed by atoms with Crippen LogP contribution in [0.15, 0.2) is 0 Å². The average Bonchev–Trinajstić information content (AvgIpc) is 2.13. The van der Waals surface area contributed by atoms with E-state index in [9.17, 15) is 0 Å². The molecule has 2 heteroatoms. The van der Waals surface area contributed by atoms with Crippen LogP contribution in [0.2, 0.25) is 0 Å². The highest BCUT2D eigenvalue weighted by atomic mass is 32.1. The molecule has 0 radical (unpaired) electrons. The van der Waals surface area contributed by atoms with Gasteiger partial charge in [0.15, 0.2) is 0 Å². The van der Waals surface area contributed by atoms with Gasteiger partial charge in [-0.2, -0.15) is 12.6 Å². The first-order valence-corrected chi connectivity index (χ1v) is 6.17. The molecule has 0 aliphatic rings. The van der Waals surface area contributed by atoms with Crippen LogP contribution in [0.4, 0.5) is 0 Å². The number of hydrogen-bond donors (Lipinski definition) is 1. The second-order valence-electron chi connectivity index (χ2n) is 3.61. The van der Waals surface area contributed by atoms with Gasteiger partial charge in [-0.3, -0.25) is 0 Å². The monoisotopic (exact) mass is 204 g/mol. The summed E-state index contributed by atoms with van der Waals surface area (Å²) in [5.41, 5.74) is 0. The van der Waals surface area contributed by atoms with E-state index in [4.69, 9.17) is 4.74 Å². The minimum Gasteiger partial charge on any atom is -0.378 e. The quantitative estimate of drug-likeness (QED) is 0.445. The Morgan fingerprint density at radius 2 is 1.92 bits per heavy atom. The van der Waals surface area contributed by atoms with Crippen molar-refractivity contribution in [2.24, 2.45) is 0 Å². The van der Waals surface area contributed by atoms with Crippen LogP contribution in [0.3, 0.4) is 0 Å². The van der Waals surface area contributed by atoms with Gasteiger partial charge in [0.2, 0.25) is 0 Å². The first-order chi connectivity index (χ1) is 6.31. The Bertz CT molecular complexity index is 96.1. The molecule has 0 aliphatic carbocycles. The van der Waals surface area contributed by atoms with E-state index in [1.807, 2.05) is 0 Å². The predicted octanol–water partition coefficient (Wildman–Crippen LogP) is 3.68. The molecule has 0 aromatic rings. The van der Waals surface area contributed by atoms with Gasteiger partial charge in [-0.15, -0.1) is 0 Å². The molecule has 0 aromatic heterocycles. The Morgan fingerprint density at radius 3 is 2.54 bits per heavy atom. The first-order valence-electron chi connectivity index (χ1n) is 5.53. The molecule has 0 amide bonds. The van der Waals surface area contributed by atoms with Gasteiger partial charge < -0.3 is 4.74 Å². The van der Waals surface area contributed by atoms with Crippen LogP contribution in [0.5, 0.6) is 0 Å². The Hall–Kier alpha value is 0.310. The fourth-order valence-electron chi connectivity index (χ4n) is 1.29. The van der Waals surface area contributed by atoms with Crippen molar-refractivity contribution >= 4 is 12.6 Å². The molecule has 0 bridgehead atoms. The van der Waals surface area contributed by atoms with Gasteiger partial charge in [0.1, 0.15) is 0 Å². The Morgan fingerprint density at radius 1 is 1.15 bits per heavy atom. The molecular weight excluding hydrogens is 180 g/mol. The smallest absolute Gasteiger partial charge is 0.0547 e. The van der Waals surface area contributed by atoms with Crippen LogP contribution in [0.25, 0.3) is 0 Å². The summed E-state index contributed by atoms with van der Waals surface area (Å²) < 4.78 is 5.61. The van der Waals surface area contributed by atoms with Gasteiger partial charge in [0.05, 0.1) is 6.10 Å². The third-order valence-electron chi connectivity index (χ3n) is 2.17. The zero-order valence-corrected chi connectivity index (χ0v) is 9.98. The van der Waals surface area contributed by atoms with E-state index < -0.39 is 0 Å². The van der Waals surface area contributed by atoms with Crippen molar-refractivity contribution in [1.29, 1.82) is 0 Å². The Labute approximate surface area is 88.7 Å². The number of unbranched alkanes of at least 4 members (excludes halogenated alkanes) is 3. The van der Waals surface area contributed by atoms with E-state index in [0.29, 0.717) is 6.10 Å². The van der Waals surface area contributed by atoms with Crippen LogP contribution >= 0.6 is 12.6 Å². The lowest BCUT2D eigenvalue weighted by Crippen LogP contribution is -2.09. The van der Waals surface area contributed by atoms with Crippen molar-refractivity contribution in [1.82, 2.24) is 0 Å². The molecule has 1 unspecified atom stereocenters. The summed E-state index contributed by atoms with van der Waals surface area (Å²) in [7, 11) is 0. The average molecular weight is 204 g/mol. The van der Waals surface area contributed by atoms with E-state index in [1.54, 1.807) is 0 Å². The fourth-order valence-corrected chi connectivity index (χ4v) is 1.42. The lowest BCUT2D eigenvalue weighted by molar-refractivity contribution is 0.0595.